The first-order valence-corrected chi connectivity index (χ1v) is 11.4. The number of aromatic nitrogens is 2. The second-order valence-corrected chi connectivity index (χ2v) is 8.49. The number of H-pyrrole nitrogens is 2. The molecule has 0 saturated heterocycles. The zero-order valence-electron chi connectivity index (χ0n) is 18.0. The molecule has 0 fully saturated rings. The van der Waals surface area contributed by atoms with Gasteiger partial charge < -0.3 is 21.4 Å². The smallest absolute Gasteiger partial charge is 0.0477 e. The maximum Gasteiger partial charge on any atom is 0.0477 e. The minimum absolute atomic E-state index is 0.262. The molecule has 4 rings (SSSR count). The number of nitrogens with one attached hydrogen (secondary N) is 2. The molecule has 4 nitrogen and oxygen atoms in total. The second kappa shape index (κ2) is 9.29. The van der Waals surface area contributed by atoms with Crippen LogP contribution in [0.5, 0.6) is 0 Å². The van der Waals surface area contributed by atoms with Gasteiger partial charge in [0.2, 0.25) is 0 Å². The molecule has 0 aliphatic carbocycles. The fraction of sp³-hybridized carbons (Fsp3) is 0.385. The Morgan fingerprint density at radius 2 is 1.20 bits per heavy atom. The zero-order valence-corrected chi connectivity index (χ0v) is 18.0. The van der Waals surface area contributed by atoms with Crippen molar-refractivity contribution in [2.24, 2.45) is 0 Å². The Bertz CT molecular complexity index is 1020. The van der Waals surface area contributed by atoms with E-state index in [4.69, 9.17) is 11.5 Å². The highest BCUT2D eigenvalue weighted by Gasteiger charge is 2.23. The van der Waals surface area contributed by atoms with Gasteiger partial charge in [-0.1, -0.05) is 64.0 Å². The Morgan fingerprint density at radius 1 is 0.700 bits per heavy atom. The fourth-order valence-electron chi connectivity index (χ4n) is 4.81. The number of fused-ring (bicyclic) bond motifs is 2. The Kier molecular flexibility index (Phi) is 6.32. The number of hydrogen-bond acceptors (Lipinski definition) is 2. The van der Waals surface area contributed by atoms with E-state index in [1.165, 1.54) is 56.1 Å². The Labute approximate surface area is 179 Å². The van der Waals surface area contributed by atoms with E-state index >= 15 is 0 Å². The predicted octanol–water partition coefficient (Wildman–Crippen LogP) is 7.09. The molecule has 158 valence electrons. The fourth-order valence-corrected chi connectivity index (χ4v) is 4.81. The summed E-state index contributed by atoms with van der Waals surface area (Å²) in [5, 5.41) is 2.29. The molecule has 30 heavy (non-hydrogen) atoms. The van der Waals surface area contributed by atoms with Crippen LogP contribution >= 0.6 is 0 Å². The number of unbranched alkanes of at least 4 members (excludes halogenated alkanes) is 6. The summed E-state index contributed by atoms with van der Waals surface area (Å²) >= 11 is 0. The number of nitrogen functional groups attached to an aromatic ring is 2. The maximum absolute atomic E-state index is 6.41. The zero-order chi connectivity index (χ0) is 20.9. The first-order chi connectivity index (χ1) is 14.7. The van der Waals surface area contributed by atoms with Gasteiger partial charge in [0.05, 0.1) is 0 Å². The molecule has 0 aliphatic rings. The third kappa shape index (κ3) is 4.04. The number of nitrogens with two attached hydrogens (primary N) is 2. The van der Waals surface area contributed by atoms with Gasteiger partial charge >= 0.3 is 0 Å². The number of aromatic amines is 2. The molecule has 6 N–H and O–H groups in total. The van der Waals surface area contributed by atoms with E-state index in [2.05, 4.69) is 41.4 Å². The van der Waals surface area contributed by atoms with Crippen LogP contribution in [0, 0.1) is 0 Å². The number of benzene rings is 2. The van der Waals surface area contributed by atoms with Crippen LogP contribution in [-0.2, 0) is 0 Å². The van der Waals surface area contributed by atoms with Gasteiger partial charge in [-0.25, -0.2) is 0 Å². The van der Waals surface area contributed by atoms with Crippen molar-refractivity contribution in [1.82, 2.24) is 9.97 Å². The average Bonchev–Trinajstić information content (AvgIpc) is 3.37. The predicted molar refractivity (Wildman–Crippen MR) is 130 cm³/mol. The number of rotatable bonds is 10. The van der Waals surface area contributed by atoms with Gasteiger partial charge in [0, 0.05) is 51.5 Å². The lowest BCUT2D eigenvalue weighted by Gasteiger charge is -2.18. The minimum atomic E-state index is 0.262. The van der Waals surface area contributed by atoms with E-state index in [-0.39, 0.29) is 5.92 Å². The summed E-state index contributed by atoms with van der Waals surface area (Å²) in [5.41, 5.74) is 19.2. The van der Waals surface area contributed by atoms with Gasteiger partial charge in [-0.15, -0.1) is 0 Å². The van der Waals surface area contributed by atoms with E-state index in [9.17, 15) is 0 Å². The van der Waals surface area contributed by atoms with Crippen molar-refractivity contribution in [2.45, 2.75) is 64.2 Å². The first kappa shape index (κ1) is 20.4. The molecule has 4 aromatic rings. The maximum atomic E-state index is 6.41. The summed E-state index contributed by atoms with van der Waals surface area (Å²) in [6, 6.07) is 12.2. The third-order valence-electron chi connectivity index (χ3n) is 6.38. The van der Waals surface area contributed by atoms with E-state index in [1.807, 2.05) is 24.3 Å². The van der Waals surface area contributed by atoms with Gasteiger partial charge in [0.1, 0.15) is 0 Å². The summed E-state index contributed by atoms with van der Waals surface area (Å²) < 4.78 is 0. The molecule has 0 atom stereocenters. The molecule has 2 aromatic heterocycles. The summed E-state index contributed by atoms with van der Waals surface area (Å²) in [6.45, 7) is 2.27. The SMILES string of the molecule is CCCCCCCCCC(c1c[nH]c2cccc(N)c12)c1c[nH]c2cccc(N)c12. The lowest BCUT2D eigenvalue weighted by atomic mass is 9.85. The van der Waals surface area contributed by atoms with Gasteiger partial charge in [-0.2, -0.15) is 0 Å². The van der Waals surface area contributed by atoms with Gasteiger partial charge in [-0.3, -0.25) is 0 Å². The monoisotopic (exact) mass is 402 g/mol. The van der Waals surface area contributed by atoms with Crippen LogP contribution in [0.25, 0.3) is 21.8 Å². The quantitative estimate of drug-likeness (QED) is 0.169. The summed E-state index contributed by atoms with van der Waals surface area (Å²) in [6.07, 6.45) is 14.5. The van der Waals surface area contributed by atoms with Crippen LogP contribution in [0.15, 0.2) is 48.8 Å². The van der Waals surface area contributed by atoms with E-state index < -0.39 is 0 Å². The molecular formula is C26H34N4. The van der Waals surface area contributed by atoms with Gasteiger partial charge in [0.25, 0.3) is 0 Å². The van der Waals surface area contributed by atoms with Crippen LogP contribution in [0.2, 0.25) is 0 Å². The second-order valence-electron chi connectivity index (χ2n) is 8.49. The molecule has 4 heteroatoms. The van der Waals surface area contributed by atoms with Crippen molar-refractivity contribution in [2.75, 3.05) is 11.5 Å². The molecule has 0 amide bonds. The highest BCUT2D eigenvalue weighted by molar-refractivity contribution is 5.97. The van der Waals surface area contributed by atoms with Crippen LogP contribution in [0.4, 0.5) is 11.4 Å². The topological polar surface area (TPSA) is 83.6 Å². The van der Waals surface area contributed by atoms with Crippen molar-refractivity contribution in [3.63, 3.8) is 0 Å². The van der Waals surface area contributed by atoms with Crippen LogP contribution in [-0.4, -0.2) is 9.97 Å². The van der Waals surface area contributed by atoms with Crippen LogP contribution in [0.1, 0.15) is 75.3 Å². The summed E-state index contributed by atoms with van der Waals surface area (Å²) in [5.74, 6) is 0.262. The molecule has 0 spiro atoms. The van der Waals surface area contributed by atoms with E-state index in [0.717, 1.165) is 39.6 Å². The lowest BCUT2D eigenvalue weighted by Crippen LogP contribution is -2.02. The van der Waals surface area contributed by atoms with Crippen LogP contribution < -0.4 is 11.5 Å². The van der Waals surface area contributed by atoms with Gasteiger partial charge in [0.15, 0.2) is 0 Å². The molecule has 2 aromatic carbocycles. The normalized spacial score (nSPS) is 11.8. The summed E-state index contributed by atoms with van der Waals surface area (Å²) in [4.78, 5) is 6.87. The lowest BCUT2D eigenvalue weighted by molar-refractivity contribution is 0.560. The number of hydrogen-bond donors (Lipinski definition) is 4. The van der Waals surface area contributed by atoms with Crippen molar-refractivity contribution < 1.29 is 0 Å². The minimum Gasteiger partial charge on any atom is -0.398 e. The van der Waals surface area contributed by atoms with Crippen molar-refractivity contribution in [1.29, 1.82) is 0 Å². The van der Waals surface area contributed by atoms with Crippen LogP contribution in [0.3, 0.4) is 0 Å². The largest absolute Gasteiger partial charge is 0.398 e. The van der Waals surface area contributed by atoms with Gasteiger partial charge in [-0.05, 0) is 41.8 Å². The average molecular weight is 403 g/mol. The molecule has 2 heterocycles. The Morgan fingerprint density at radius 3 is 1.73 bits per heavy atom. The molecule has 0 aliphatic heterocycles. The van der Waals surface area contributed by atoms with E-state index in [1.54, 1.807) is 0 Å². The first-order valence-electron chi connectivity index (χ1n) is 11.4. The van der Waals surface area contributed by atoms with Crippen molar-refractivity contribution in [3.05, 3.63) is 59.9 Å². The van der Waals surface area contributed by atoms with Crippen molar-refractivity contribution >= 4 is 33.2 Å². The Balaban J connectivity index is 1.65. The highest BCUT2D eigenvalue weighted by Crippen LogP contribution is 2.41. The van der Waals surface area contributed by atoms with E-state index in [0.29, 0.717) is 0 Å². The molecule has 0 bridgehead atoms. The molecular weight excluding hydrogens is 368 g/mol. The molecule has 0 radical (unpaired) electrons. The molecule has 0 saturated carbocycles. The highest BCUT2D eigenvalue weighted by atomic mass is 14.7. The standard InChI is InChI=1S/C26H34N4/c1-2-3-4-5-6-7-8-11-18(19-16-29-23-14-9-12-21(27)25(19)23)20-17-30-24-15-10-13-22(28)26(20)24/h9-10,12-18,29-30H,2-8,11,27-28H2,1H3. The third-order valence-corrected chi connectivity index (χ3v) is 6.38. The molecule has 0 unspecified atom stereocenters. The Hall–Kier alpha value is -2.88. The van der Waals surface area contributed by atoms with Crippen molar-refractivity contribution in [3.8, 4) is 0 Å². The number of anilines is 2. The summed E-state index contributed by atoms with van der Waals surface area (Å²) in [7, 11) is 0.